The highest BCUT2D eigenvalue weighted by Crippen LogP contribution is 2.24. The molecule has 0 amide bonds. The fourth-order valence-electron chi connectivity index (χ4n) is 1.78. The molecular formula is C13H25N3S2. The average molecular weight is 287 g/mol. The predicted octanol–water partition coefficient (Wildman–Crippen LogP) is 3.22. The highest BCUT2D eigenvalue weighted by molar-refractivity contribution is 7.98. The lowest BCUT2D eigenvalue weighted by atomic mass is 10.2. The summed E-state index contributed by atoms with van der Waals surface area (Å²) in [4.78, 5) is 8.19. The zero-order valence-electron chi connectivity index (χ0n) is 11.9. The molecule has 1 aromatic rings. The quantitative estimate of drug-likeness (QED) is 0.706. The van der Waals surface area contributed by atoms with Crippen LogP contribution in [0.4, 0.5) is 5.13 Å². The van der Waals surface area contributed by atoms with Crippen LogP contribution in [0.15, 0.2) is 6.20 Å². The summed E-state index contributed by atoms with van der Waals surface area (Å²) in [5.41, 5.74) is 0. The lowest BCUT2D eigenvalue weighted by Crippen LogP contribution is -2.32. The van der Waals surface area contributed by atoms with E-state index in [4.69, 9.17) is 0 Å². The smallest absolute Gasteiger partial charge is 0.185 e. The van der Waals surface area contributed by atoms with E-state index in [2.05, 4.69) is 42.4 Å². The standard InChI is InChI=1S/C13H25N3S2/c1-5-7-14-8-12-9-15-13(18-12)16(3)11(6-2)10-17-4/h9,11,14H,5-8,10H2,1-4H3. The first-order valence-electron chi connectivity index (χ1n) is 6.60. The van der Waals surface area contributed by atoms with Gasteiger partial charge in [0, 0.05) is 36.5 Å². The summed E-state index contributed by atoms with van der Waals surface area (Å²) in [6.07, 6.45) is 6.51. The van der Waals surface area contributed by atoms with Crippen LogP contribution in [0.3, 0.4) is 0 Å². The molecule has 1 aromatic heterocycles. The molecule has 0 aliphatic rings. The number of aromatic nitrogens is 1. The van der Waals surface area contributed by atoms with Crippen LogP contribution < -0.4 is 10.2 Å². The molecule has 104 valence electrons. The van der Waals surface area contributed by atoms with Gasteiger partial charge in [-0.25, -0.2) is 4.98 Å². The third kappa shape index (κ3) is 4.78. The Morgan fingerprint density at radius 2 is 2.28 bits per heavy atom. The molecule has 1 rings (SSSR count). The minimum atomic E-state index is 0.586. The summed E-state index contributed by atoms with van der Waals surface area (Å²) < 4.78 is 0. The SMILES string of the molecule is CCCNCc1cnc(N(C)C(CC)CSC)s1. The maximum absolute atomic E-state index is 4.54. The molecule has 18 heavy (non-hydrogen) atoms. The summed E-state index contributed by atoms with van der Waals surface area (Å²) in [5.74, 6) is 1.16. The van der Waals surface area contributed by atoms with Gasteiger partial charge in [0.2, 0.25) is 0 Å². The van der Waals surface area contributed by atoms with E-state index in [1.807, 2.05) is 18.0 Å². The molecule has 0 aliphatic heterocycles. The number of anilines is 1. The number of hydrogen-bond acceptors (Lipinski definition) is 5. The Morgan fingerprint density at radius 3 is 2.89 bits per heavy atom. The number of thiazole rings is 1. The monoisotopic (exact) mass is 287 g/mol. The molecule has 0 saturated heterocycles. The van der Waals surface area contributed by atoms with Gasteiger partial charge in [0.1, 0.15) is 0 Å². The predicted molar refractivity (Wildman–Crippen MR) is 85.0 cm³/mol. The molecular weight excluding hydrogens is 262 g/mol. The zero-order valence-corrected chi connectivity index (χ0v) is 13.5. The van der Waals surface area contributed by atoms with E-state index in [-0.39, 0.29) is 0 Å². The Bertz CT molecular complexity index is 328. The van der Waals surface area contributed by atoms with Gasteiger partial charge in [0.05, 0.1) is 0 Å². The third-order valence-corrected chi connectivity index (χ3v) is 4.75. The second kappa shape index (κ2) is 8.77. The van der Waals surface area contributed by atoms with Crippen LogP contribution in [0.5, 0.6) is 0 Å². The number of thioether (sulfide) groups is 1. The van der Waals surface area contributed by atoms with Gasteiger partial charge >= 0.3 is 0 Å². The van der Waals surface area contributed by atoms with Gasteiger partial charge in [-0.1, -0.05) is 13.8 Å². The van der Waals surface area contributed by atoms with E-state index >= 15 is 0 Å². The molecule has 0 bridgehead atoms. The Hall–Kier alpha value is -0.260. The van der Waals surface area contributed by atoms with Gasteiger partial charge < -0.3 is 10.2 Å². The van der Waals surface area contributed by atoms with Crippen molar-refractivity contribution in [2.45, 2.75) is 39.3 Å². The van der Waals surface area contributed by atoms with E-state index in [1.54, 1.807) is 11.3 Å². The summed E-state index contributed by atoms with van der Waals surface area (Å²) in [5, 5.41) is 4.56. The number of rotatable bonds is 9. The van der Waals surface area contributed by atoms with Crippen molar-refractivity contribution in [3.8, 4) is 0 Å². The van der Waals surface area contributed by atoms with Crippen LogP contribution >= 0.6 is 23.1 Å². The molecule has 0 aromatic carbocycles. The van der Waals surface area contributed by atoms with Gasteiger partial charge in [-0.05, 0) is 25.6 Å². The first kappa shape index (κ1) is 15.8. The summed E-state index contributed by atoms with van der Waals surface area (Å²) in [6, 6.07) is 0.586. The van der Waals surface area contributed by atoms with Crippen molar-refractivity contribution in [1.29, 1.82) is 0 Å². The second-order valence-corrected chi connectivity index (χ2v) is 6.42. The van der Waals surface area contributed by atoms with Crippen molar-refractivity contribution in [2.24, 2.45) is 0 Å². The van der Waals surface area contributed by atoms with Gasteiger partial charge in [-0.15, -0.1) is 11.3 Å². The van der Waals surface area contributed by atoms with Crippen LogP contribution in [0.1, 0.15) is 31.6 Å². The van der Waals surface area contributed by atoms with Crippen molar-refractivity contribution in [2.75, 3.05) is 30.5 Å². The maximum Gasteiger partial charge on any atom is 0.185 e. The highest BCUT2D eigenvalue weighted by atomic mass is 32.2. The van der Waals surface area contributed by atoms with Gasteiger partial charge in [-0.3, -0.25) is 0 Å². The number of nitrogens with zero attached hydrogens (tertiary/aromatic N) is 2. The van der Waals surface area contributed by atoms with E-state index in [0.29, 0.717) is 6.04 Å². The van der Waals surface area contributed by atoms with Crippen molar-refractivity contribution in [3.05, 3.63) is 11.1 Å². The fourth-order valence-corrected chi connectivity index (χ4v) is 3.54. The molecule has 0 radical (unpaired) electrons. The Kier molecular flexibility index (Phi) is 7.70. The average Bonchev–Trinajstić information content (AvgIpc) is 2.84. The molecule has 0 spiro atoms. The first-order valence-corrected chi connectivity index (χ1v) is 8.81. The van der Waals surface area contributed by atoms with Crippen molar-refractivity contribution < 1.29 is 0 Å². The molecule has 1 unspecified atom stereocenters. The summed E-state index contributed by atoms with van der Waals surface area (Å²) in [6.45, 7) is 6.45. The molecule has 0 aliphatic carbocycles. The van der Waals surface area contributed by atoms with Gasteiger partial charge in [-0.2, -0.15) is 11.8 Å². The van der Waals surface area contributed by atoms with Gasteiger partial charge in [0.25, 0.3) is 0 Å². The third-order valence-electron chi connectivity index (χ3n) is 2.95. The number of nitrogens with one attached hydrogen (secondary N) is 1. The molecule has 0 fully saturated rings. The first-order chi connectivity index (χ1) is 8.72. The van der Waals surface area contributed by atoms with E-state index in [0.717, 1.165) is 24.0 Å². The van der Waals surface area contributed by atoms with Crippen molar-refractivity contribution in [3.63, 3.8) is 0 Å². The van der Waals surface area contributed by atoms with Crippen LogP contribution in [-0.2, 0) is 6.54 Å². The second-order valence-electron chi connectivity index (χ2n) is 4.41. The lowest BCUT2D eigenvalue weighted by molar-refractivity contribution is 0.671. The van der Waals surface area contributed by atoms with Crippen molar-refractivity contribution >= 4 is 28.2 Å². The summed E-state index contributed by atoms with van der Waals surface area (Å²) >= 11 is 3.71. The zero-order chi connectivity index (χ0) is 13.4. The van der Waals surface area contributed by atoms with Crippen LogP contribution in [0.25, 0.3) is 0 Å². The largest absolute Gasteiger partial charge is 0.347 e. The normalized spacial score (nSPS) is 12.7. The van der Waals surface area contributed by atoms with Crippen LogP contribution in [0, 0.1) is 0 Å². The molecule has 1 atom stereocenters. The van der Waals surface area contributed by atoms with Crippen molar-refractivity contribution in [1.82, 2.24) is 10.3 Å². The minimum absolute atomic E-state index is 0.586. The molecule has 1 N–H and O–H groups in total. The van der Waals surface area contributed by atoms with E-state index < -0.39 is 0 Å². The highest BCUT2D eigenvalue weighted by Gasteiger charge is 2.15. The molecule has 1 heterocycles. The van der Waals surface area contributed by atoms with Crippen LogP contribution in [0.2, 0.25) is 0 Å². The van der Waals surface area contributed by atoms with Gasteiger partial charge in [0.15, 0.2) is 5.13 Å². The fraction of sp³-hybridized carbons (Fsp3) is 0.769. The Balaban J connectivity index is 2.54. The molecule has 5 heteroatoms. The molecule has 3 nitrogen and oxygen atoms in total. The summed E-state index contributed by atoms with van der Waals surface area (Å²) in [7, 11) is 2.16. The maximum atomic E-state index is 4.54. The molecule has 0 saturated carbocycles. The minimum Gasteiger partial charge on any atom is -0.347 e. The van der Waals surface area contributed by atoms with Crippen LogP contribution in [-0.4, -0.2) is 36.6 Å². The van der Waals surface area contributed by atoms with E-state index in [1.165, 1.54) is 17.7 Å². The number of hydrogen-bond donors (Lipinski definition) is 1. The lowest BCUT2D eigenvalue weighted by Gasteiger charge is -2.26. The van der Waals surface area contributed by atoms with E-state index in [9.17, 15) is 0 Å². The Morgan fingerprint density at radius 1 is 1.50 bits per heavy atom. The Labute approximate surface area is 119 Å². The topological polar surface area (TPSA) is 28.2 Å².